The molecule has 4 heterocycles. The molecule has 0 amide bonds. The number of nitrogens with one attached hydrogen (secondary N) is 2. The lowest BCUT2D eigenvalue weighted by atomic mass is 9.77. The van der Waals surface area contributed by atoms with Crippen LogP contribution in [0.3, 0.4) is 0 Å². The van der Waals surface area contributed by atoms with Gasteiger partial charge in [0.1, 0.15) is 0 Å². The average molecular weight is 676 g/mol. The fourth-order valence-electron chi connectivity index (χ4n) is 8.32. The number of benzene rings is 3. The first-order valence-electron chi connectivity index (χ1n) is 18.3. The zero-order valence-corrected chi connectivity index (χ0v) is 29.6. The van der Waals surface area contributed by atoms with Crippen molar-refractivity contribution in [2.45, 2.75) is 38.3 Å². The van der Waals surface area contributed by atoms with Crippen LogP contribution in [0.4, 0.5) is 5.69 Å². The van der Waals surface area contributed by atoms with Crippen molar-refractivity contribution in [3.05, 3.63) is 179 Å². The summed E-state index contributed by atoms with van der Waals surface area (Å²) in [6, 6.07) is 33.9. The summed E-state index contributed by atoms with van der Waals surface area (Å²) < 4.78 is 0. The summed E-state index contributed by atoms with van der Waals surface area (Å²) in [7, 11) is 2.11. The number of nitrogens with zero attached hydrogens (tertiary/aromatic N) is 3. The lowest BCUT2D eigenvalue weighted by Gasteiger charge is -2.37. The van der Waals surface area contributed by atoms with Crippen LogP contribution >= 0.6 is 0 Å². The summed E-state index contributed by atoms with van der Waals surface area (Å²) in [5.41, 5.74) is 15.4. The molecule has 2 aliphatic carbocycles. The molecule has 0 saturated carbocycles. The third-order valence-corrected chi connectivity index (χ3v) is 11.0. The monoisotopic (exact) mass is 675 g/mol. The van der Waals surface area contributed by atoms with Crippen molar-refractivity contribution in [1.82, 2.24) is 14.9 Å². The minimum absolute atomic E-state index is 0.0368. The third-order valence-electron chi connectivity index (χ3n) is 11.0. The molecule has 2 aromatic heterocycles. The SMILES string of the molecule is CC1=CC=C(c2ccc3c(n2)C2Nc4ccccc4C(C4C=CC=CC4)=C2C=C3)N(C)C1C(=N)CCc1ccc2ccc(-c3ccccc3)nc2c1. The van der Waals surface area contributed by atoms with Gasteiger partial charge in [0.15, 0.2) is 0 Å². The third kappa shape index (κ3) is 5.72. The van der Waals surface area contributed by atoms with E-state index >= 15 is 0 Å². The Kier molecular flexibility index (Phi) is 8.12. The van der Waals surface area contributed by atoms with Crippen LogP contribution in [0.1, 0.15) is 53.9 Å². The molecule has 3 aromatic carbocycles. The maximum atomic E-state index is 9.33. The number of hydrogen-bond donors (Lipinski definition) is 2. The second kappa shape index (κ2) is 13.2. The predicted molar refractivity (Wildman–Crippen MR) is 216 cm³/mol. The molecule has 52 heavy (non-hydrogen) atoms. The standard InChI is InChI=1S/C47H41N5/c1-30-17-28-43(52(2)47(30)38(48)25-19-31-18-20-33-22-26-39(49-42(33)29-31)32-11-5-3-6-12-32)41-27-23-35-21-24-37-44(34-13-7-4-8-14-34)36-15-9-10-16-40(36)50-46(37)45(35)51-41/h3-13,15-18,20-24,26-29,34,46-48,50H,14,19,25H2,1-2H3. The highest BCUT2D eigenvalue weighted by Crippen LogP contribution is 2.48. The van der Waals surface area contributed by atoms with Crippen molar-refractivity contribution < 1.29 is 0 Å². The molecule has 9 rings (SSSR count). The molecule has 3 atom stereocenters. The number of rotatable bonds is 7. The van der Waals surface area contributed by atoms with E-state index in [1.54, 1.807) is 0 Å². The summed E-state index contributed by atoms with van der Waals surface area (Å²) in [5, 5.41) is 14.3. The quantitative estimate of drug-likeness (QED) is 0.169. The lowest BCUT2D eigenvalue weighted by molar-refractivity contribution is 0.452. The molecule has 5 aromatic rings. The molecule has 0 fully saturated rings. The van der Waals surface area contributed by atoms with E-state index in [-0.39, 0.29) is 12.1 Å². The molecular weight excluding hydrogens is 635 g/mol. The topological polar surface area (TPSA) is 64.9 Å². The molecule has 3 unspecified atom stereocenters. The molecule has 0 radical (unpaired) electrons. The first-order chi connectivity index (χ1) is 25.5. The van der Waals surface area contributed by atoms with E-state index in [0.717, 1.165) is 63.3 Å². The smallest absolute Gasteiger partial charge is 0.0949 e. The van der Waals surface area contributed by atoms with Crippen LogP contribution in [0, 0.1) is 11.3 Å². The Hall–Kier alpha value is -6.07. The highest BCUT2D eigenvalue weighted by atomic mass is 15.2. The zero-order valence-electron chi connectivity index (χ0n) is 29.6. The minimum Gasteiger partial charge on any atom is -0.372 e. The van der Waals surface area contributed by atoms with Gasteiger partial charge in [0.25, 0.3) is 0 Å². The average Bonchev–Trinajstić information content (AvgIpc) is 3.19. The number of aromatic nitrogens is 2. The zero-order chi connectivity index (χ0) is 35.2. The largest absolute Gasteiger partial charge is 0.372 e. The van der Waals surface area contributed by atoms with Crippen LogP contribution in [0.25, 0.3) is 39.5 Å². The number of hydrogen-bond acceptors (Lipinski definition) is 5. The fourth-order valence-corrected chi connectivity index (χ4v) is 8.32. The van der Waals surface area contributed by atoms with Gasteiger partial charge in [0.2, 0.25) is 0 Å². The highest BCUT2D eigenvalue weighted by Gasteiger charge is 2.34. The van der Waals surface area contributed by atoms with Crippen molar-refractivity contribution in [2.75, 3.05) is 12.4 Å². The molecule has 2 aliphatic heterocycles. The highest BCUT2D eigenvalue weighted by molar-refractivity contribution is 5.93. The molecule has 0 bridgehead atoms. The van der Waals surface area contributed by atoms with Gasteiger partial charge in [0, 0.05) is 40.9 Å². The summed E-state index contributed by atoms with van der Waals surface area (Å²) >= 11 is 0. The molecule has 2 N–H and O–H groups in total. The van der Waals surface area contributed by atoms with Crippen LogP contribution in [0.15, 0.2) is 151 Å². The number of para-hydroxylation sites is 1. The van der Waals surface area contributed by atoms with Crippen molar-refractivity contribution in [2.24, 2.45) is 5.92 Å². The van der Waals surface area contributed by atoms with Crippen molar-refractivity contribution in [1.29, 1.82) is 5.41 Å². The normalized spacial score (nSPS) is 20.1. The van der Waals surface area contributed by atoms with Crippen molar-refractivity contribution >= 4 is 39.6 Å². The van der Waals surface area contributed by atoms with Gasteiger partial charge in [-0.2, -0.15) is 0 Å². The number of pyridine rings is 2. The maximum Gasteiger partial charge on any atom is 0.0949 e. The Morgan fingerprint density at radius 1 is 0.865 bits per heavy atom. The first kappa shape index (κ1) is 31.9. The van der Waals surface area contributed by atoms with E-state index in [1.807, 2.05) is 18.2 Å². The molecule has 0 spiro atoms. The fraction of sp³-hybridized carbons (Fsp3) is 0.170. The number of allylic oxidation sites excluding steroid dienone is 7. The van der Waals surface area contributed by atoms with Crippen LogP contribution in [-0.4, -0.2) is 33.7 Å². The van der Waals surface area contributed by atoms with Gasteiger partial charge in [-0.25, -0.2) is 9.97 Å². The van der Waals surface area contributed by atoms with Gasteiger partial charge in [-0.3, -0.25) is 0 Å². The number of anilines is 1. The number of fused-ring (bicyclic) bond motifs is 5. The Bertz CT molecular complexity index is 2430. The summed E-state index contributed by atoms with van der Waals surface area (Å²) in [6.07, 6.45) is 20.2. The van der Waals surface area contributed by atoms with Crippen LogP contribution in [0.2, 0.25) is 0 Å². The number of aryl methyl sites for hydroxylation is 1. The van der Waals surface area contributed by atoms with Gasteiger partial charge in [-0.1, -0.05) is 115 Å². The van der Waals surface area contributed by atoms with E-state index in [1.165, 1.54) is 27.8 Å². The Balaban J connectivity index is 0.966. The summed E-state index contributed by atoms with van der Waals surface area (Å²) in [6.45, 7) is 2.13. The summed E-state index contributed by atoms with van der Waals surface area (Å²) in [5.74, 6) is 0.324. The Morgan fingerprint density at radius 2 is 1.69 bits per heavy atom. The van der Waals surface area contributed by atoms with Gasteiger partial charge in [0.05, 0.1) is 40.4 Å². The molecule has 5 nitrogen and oxygen atoms in total. The van der Waals surface area contributed by atoms with E-state index < -0.39 is 0 Å². The molecule has 5 heteroatoms. The van der Waals surface area contributed by atoms with E-state index in [9.17, 15) is 5.41 Å². The van der Waals surface area contributed by atoms with Crippen molar-refractivity contribution in [3.8, 4) is 11.3 Å². The molecule has 254 valence electrons. The second-order valence-corrected chi connectivity index (χ2v) is 14.2. The van der Waals surface area contributed by atoms with Gasteiger partial charge in [-0.05, 0) is 84.4 Å². The lowest BCUT2D eigenvalue weighted by Crippen LogP contribution is -2.40. The van der Waals surface area contributed by atoms with E-state index in [0.29, 0.717) is 18.1 Å². The summed E-state index contributed by atoms with van der Waals surface area (Å²) in [4.78, 5) is 12.6. The van der Waals surface area contributed by atoms with Crippen LogP contribution in [-0.2, 0) is 6.42 Å². The Labute approximate surface area is 305 Å². The van der Waals surface area contributed by atoms with E-state index in [4.69, 9.17) is 9.97 Å². The molecular formula is C47H41N5. The minimum atomic E-state index is -0.131. The maximum absolute atomic E-state index is 9.33. The van der Waals surface area contributed by atoms with Crippen LogP contribution < -0.4 is 5.32 Å². The molecule has 0 saturated heterocycles. The predicted octanol–water partition coefficient (Wildman–Crippen LogP) is 10.6. The Morgan fingerprint density at radius 3 is 2.56 bits per heavy atom. The van der Waals surface area contributed by atoms with Gasteiger partial charge in [-0.15, -0.1) is 0 Å². The van der Waals surface area contributed by atoms with Gasteiger partial charge < -0.3 is 15.6 Å². The number of likely N-dealkylation sites (N-methyl/N-ethyl adjacent to an activating group) is 1. The van der Waals surface area contributed by atoms with Crippen LogP contribution in [0.5, 0.6) is 0 Å². The van der Waals surface area contributed by atoms with Gasteiger partial charge >= 0.3 is 0 Å². The second-order valence-electron chi connectivity index (χ2n) is 14.2. The first-order valence-corrected chi connectivity index (χ1v) is 18.3. The van der Waals surface area contributed by atoms with E-state index in [2.05, 4.69) is 152 Å². The molecule has 4 aliphatic rings. The van der Waals surface area contributed by atoms with Crippen molar-refractivity contribution in [3.63, 3.8) is 0 Å².